The number of sulfone groups is 1. The van der Waals surface area contributed by atoms with Crippen LogP contribution >= 0.6 is 15.9 Å². The predicted octanol–water partition coefficient (Wildman–Crippen LogP) is 1.87. The van der Waals surface area contributed by atoms with Crippen LogP contribution in [0.25, 0.3) is 0 Å². The number of ether oxygens (including phenoxy) is 1. The lowest BCUT2D eigenvalue weighted by Crippen LogP contribution is -2.45. The Bertz CT molecular complexity index is 711. The molecule has 1 aliphatic rings. The Morgan fingerprint density at radius 1 is 1.42 bits per heavy atom. The van der Waals surface area contributed by atoms with Crippen molar-refractivity contribution in [2.45, 2.75) is 26.3 Å². The summed E-state index contributed by atoms with van der Waals surface area (Å²) >= 11 is 3.08. The van der Waals surface area contributed by atoms with Gasteiger partial charge in [0.05, 0.1) is 11.5 Å². The van der Waals surface area contributed by atoms with E-state index in [1.54, 1.807) is 6.07 Å². The quantitative estimate of drug-likeness (QED) is 0.650. The number of nitrogens with zero attached hydrogens (tertiary/aromatic N) is 1. The average molecular weight is 422 g/mol. The van der Waals surface area contributed by atoms with Crippen LogP contribution in [0.4, 0.5) is 0 Å². The Morgan fingerprint density at radius 2 is 2.12 bits per heavy atom. The number of esters is 1. The molecule has 1 amide bonds. The molecule has 0 radical (unpaired) electrons. The highest BCUT2D eigenvalue weighted by molar-refractivity contribution is 9.10. The summed E-state index contributed by atoms with van der Waals surface area (Å²) in [6, 6.07) is 2.63. The summed E-state index contributed by atoms with van der Waals surface area (Å²) in [6.07, 6.45) is 0.417. The molecule has 2 rings (SSSR count). The minimum Gasteiger partial charge on any atom is -0.450 e. The van der Waals surface area contributed by atoms with Crippen molar-refractivity contribution in [1.82, 2.24) is 4.90 Å². The van der Waals surface area contributed by atoms with Gasteiger partial charge in [-0.2, -0.15) is 0 Å². The molecule has 2 heterocycles. The van der Waals surface area contributed by atoms with E-state index in [-0.39, 0.29) is 29.2 Å². The predicted molar refractivity (Wildman–Crippen MR) is 90.3 cm³/mol. The van der Waals surface area contributed by atoms with Gasteiger partial charge in [0.2, 0.25) is 5.76 Å². The lowest BCUT2D eigenvalue weighted by Gasteiger charge is -2.29. The lowest BCUT2D eigenvalue weighted by molar-refractivity contribution is -0.137. The summed E-state index contributed by atoms with van der Waals surface area (Å²) in [7, 11) is -3.10. The number of hydrogen-bond acceptors (Lipinski definition) is 6. The molecule has 0 unspecified atom stereocenters. The zero-order chi connectivity index (χ0) is 17.9. The third-order valence-corrected chi connectivity index (χ3v) is 5.81. The first-order valence-electron chi connectivity index (χ1n) is 7.60. The first-order chi connectivity index (χ1) is 11.2. The van der Waals surface area contributed by atoms with Crippen LogP contribution < -0.4 is 0 Å². The fraction of sp³-hybridized carbons (Fsp3) is 0.600. The number of furan rings is 1. The van der Waals surface area contributed by atoms with Crippen molar-refractivity contribution >= 4 is 37.6 Å². The number of amides is 1. The standard InChI is InChI=1S/C15H20BrNO6S/c1-10(2)7-17(11-5-6-24(20,21)9-11)14(18)8-22-15(19)12-3-4-13(16)23-12/h3-4,10-11H,5-9H2,1-2H3/t11-/m1/s1. The molecule has 9 heteroatoms. The third-order valence-electron chi connectivity index (χ3n) is 3.63. The molecule has 1 saturated heterocycles. The van der Waals surface area contributed by atoms with Crippen molar-refractivity contribution in [2.75, 3.05) is 24.7 Å². The smallest absolute Gasteiger partial charge is 0.374 e. The summed E-state index contributed by atoms with van der Waals surface area (Å²) in [5.41, 5.74) is 0. The van der Waals surface area contributed by atoms with Crippen LogP contribution in [0.15, 0.2) is 21.2 Å². The molecule has 1 atom stereocenters. The molecule has 7 nitrogen and oxygen atoms in total. The first kappa shape index (κ1) is 19.0. The van der Waals surface area contributed by atoms with E-state index in [4.69, 9.17) is 9.15 Å². The monoisotopic (exact) mass is 421 g/mol. The SMILES string of the molecule is CC(C)CN(C(=O)COC(=O)c1ccc(Br)o1)[C@@H]1CCS(=O)(=O)C1. The normalized spacial score (nSPS) is 19.4. The van der Waals surface area contributed by atoms with Crippen LogP contribution in [0, 0.1) is 5.92 Å². The van der Waals surface area contributed by atoms with E-state index in [1.165, 1.54) is 11.0 Å². The molecule has 1 aromatic heterocycles. The van der Waals surface area contributed by atoms with Gasteiger partial charge in [-0.25, -0.2) is 13.2 Å². The van der Waals surface area contributed by atoms with Crippen molar-refractivity contribution in [3.8, 4) is 0 Å². The maximum absolute atomic E-state index is 12.4. The first-order valence-corrected chi connectivity index (χ1v) is 10.2. The van der Waals surface area contributed by atoms with Crippen LogP contribution in [0.5, 0.6) is 0 Å². The molecule has 0 aliphatic carbocycles. The number of rotatable bonds is 6. The molecule has 0 bridgehead atoms. The summed E-state index contributed by atoms with van der Waals surface area (Å²) in [5, 5.41) is 0. The van der Waals surface area contributed by atoms with E-state index < -0.39 is 28.3 Å². The van der Waals surface area contributed by atoms with Crippen LogP contribution in [-0.4, -0.2) is 55.9 Å². The van der Waals surface area contributed by atoms with E-state index in [9.17, 15) is 18.0 Å². The Labute approximate surface area is 149 Å². The fourth-order valence-corrected chi connectivity index (χ4v) is 4.61. The molecule has 24 heavy (non-hydrogen) atoms. The molecular formula is C15H20BrNO6S. The lowest BCUT2D eigenvalue weighted by atomic mass is 10.1. The van der Waals surface area contributed by atoms with E-state index in [0.717, 1.165) is 0 Å². The van der Waals surface area contributed by atoms with Crippen molar-refractivity contribution in [1.29, 1.82) is 0 Å². The summed E-state index contributed by atoms with van der Waals surface area (Å²) < 4.78 is 33.8. The van der Waals surface area contributed by atoms with Gasteiger partial charge in [-0.05, 0) is 40.4 Å². The molecule has 134 valence electrons. The Balaban J connectivity index is 1.98. The van der Waals surface area contributed by atoms with Gasteiger partial charge in [0.15, 0.2) is 21.1 Å². The number of carbonyl (C=O) groups excluding carboxylic acids is 2. The zero-order valence-corrected chi connectivity index (χ0v) is 15.9. The topological polar surface area (TPSA) is 93.9 Å². The van der Waals surface area contributed by atoms with Gasteiger partial charge in [0.1, 0.15) is 0 Å². The molecule has 1 fully saturated rings. The van der Waals surface area contributed by atoms with Gasteiger partial charge in [-0.3, -0.25) is 4.79 Å². The minimum absolute atomic E-state index is 0.00599. The van der Waals surface area contributed by atoms with E-state index in [0.29, 0.717) is 17.6 Å². The molecule has 1 aromatic rings. The summed E-state index contributed by atoms with van der Waals surface area (Å²) in [6.45, 7) is 3.86. The summed E-state index contributed by atoms with van der Waals surface area (Å²) in [4.78, 5) is 25.8. The Hall–Kier alpha value is -1.35. The van der Waals surface area contributed by atoms with Gasteiger partial charge in [-0.1, -0.05) is 13.8 Å². The minimum atomic E-state index is -3.10. The second-order valence-electron chi connectivity index (χ2n) is 6.18. The number of hydrogen-bond donors (Lipinski definition) is 0. The molecule has 0 aromatic carbocycles. The third kappa shape index (κ3) is 5.07. The molecular weight excluding hydrogens is 402 g/mol. The van der Waals surface area contributed by atoms with E-state index in [2.05, 4.69) is 15.9 Å². The zero-order valence-electron chi connectivity index (χ0n) is 13.5. The van der Waals surface area contributed by atoms with Crippen molar-refractivity contribution < 1.29 is 27.2 Å². The van der Waals surface area contributed by atoms with Crippen molar-refractivity contribution in [2.24, 2.45) is 5.92 Å². The van der Waals surface area contributed by atoms with E-state index >= 15 is 0 Å². The molecule has 1 aliphatic heterocycles. The second kappa shape index (κ2) is 7.69. The van der Waals surface area contributed by atoms with Crippen LogP contribution in [0.1, 0.15) is 30.8 Å². The maximum atomic E-state index is 12.4. The molecule has 0 spiro atoms. The van der Waals surface area contributed by atoms with Gasteiger partial charge < -0.3 is 14.1 Å². The number of carbonyl (C=O) groups is 2. The highest BCUT2D eigenvalue weighted by atomic mass is 79.9. The Kier molecular flexibility index (Phi) is 6.08. The van der Waals surface area contributed by atoms with Crippen LogP contribution in [-0.2, 0) is 19.4 Å². The molecule has 0 N–H and O–H groups in total. The van der Waals surface area contributed by atoms with Crippen molar-refractivity contribution in [3.05, 3.63) is 22.6 Å². The summed E-state index contributed by atoms with van der Waals surface area (Å²) in [5.74, 6) is -0.922. The van der Waals surface area contributed by atoms with Gasteiger partial charge in [0.25, 0.3) is 5.91 Å². The highest BCUT2D eigenvalue weighted by Gasteiger charge is 2.35. The maximum Gasteiger partial charge on any atom is 0.374 e. The molecule has 0 saturated carbocycles. The van der Waals surface area contributed by atoms with Gasteiger partial charge in [0, 0.05) is 12.6 Å². The van der Waals surface area contributed by atoms with Gasteiger partial charge in [-0.15, -0.1) is 0 Å². The number of halogens is 1. The largest absolute Gasteiger partial charge is 0.450 e. The van der Waals surface area contributed by atoms with Crippen LogP contribution in [0.3, 0.4) is 0 Å². The highest BCUT2D eigenvalue weighted by Crippen LogP contribution is 2.20. The Morgan fingerprint density at radius 3 is 2.62 bits per heavy atom. The van der Waals surface area contributed by atoms with E-state index in [1.807, 2.05) is 13.8 Å². The second-order valence-corrected chi connectivity index (χ2v) is 9.19. The van der Waals surface area contributed by atoms with Crippen LogP contribution in [0.2, 0.25) is 0 Å². The van der Waals surface area contributed by atoms with Crippen molar-refractivity contribution in [3.63, 3.8) is 0 Å². The van der Waals surface area contributed by atoms with Gasteiger partial charge >= 0.3 is 5.97 Å². The fourth-order valence-electron chi connectivity index (χ4n) is 2.57. The average Bonchev–Trinajstić information content (AvgIpc) is 3.07.